The van der Waals surface area contributed by atoms with Crippen molar-refractivity contribution >= 4 is 28.7 Å². The number of amides is 1. The number of aliphatic hydroxyl groups is 1. The van der Waals surface area contributed by atoms with Gasteiger partial charge in [-0.05, 0) is 50.8 Å². The summed E-state index contributed by atoms with van der Waals surface area (Å²) in [7, 11) is 0. The van der Waals surface area contributed by atoms with Crippen molar-refractivity contribution in [2.24, 2.45) is 5.73 Å². The molecule has 0 bridgehead atoms. The Kier molecular flexibility index (Phi) is 7.43. The Morgan fingerprint density at radius 2 is 1.95 bits per heavy atom. The molecule has 41 heavy (non-hydrogen) atoms. The van der Waals surface area contributed by atoms with Crippen LogP contribution >= 0.6 is 0 Å². The number of carboxylic acid groups (broad SMARTS) is 1. The van der Waals surface area contributed by atoms with Crippen LogP contribution in [0.3, 0.4) is 0 Å². The molecule has 11 nitrogen and oxygen atoms in total. The minimum Gasteiger partial charge on any atom is -0.481 e. The van der Waals surface area contributed by atoms with Gasteiger partial charge in [-0.2, -0.15) is 0 Å². The van der Waals surface area contributed by atoms with Crippen LogP contribution in [0.25, 0.3) is 22.3 Å². The van der Waals surface area contributed by atoms with Crippen molar-refractivity contribution in [3.05, 3.63) is 62.9 Å². The number of para-hydroxylation sites is 1. The minimum atomic E-state index is -1.91. The number of esters is 1. The highest BCUT2D eigenvalue weighted by Gasteiger charge is 2.45. The third-order valence-electron chi connectivity index (χ3n) is 8.21. The number of nitrogens with zero attached hydrogens (tertiary/aromatic N) is 3. The Morgan fingerprint density at radius 1 is 1.22 bits per heavy atom. The van der Waals surface area contributed by atoms with Crippen LogP contribution in [-0.4, -0.2) is 61.1 Å². The molecular formula is C30H34N4O7. The summed E-state index contributed by atoms with van der Waals surface area (Å²) in [5.74, 6) is -2.10. The fraction of sp³-hybridized carbons (Fsp3) is 0.433. The molecule has 11 heteroatoms. The van der Waals surface area contributed by atoms with Crippen LogP contribution in [0.15, 0.2) is 35.1 Å². The molecule has 216 valence electrons. The van der Waals surface area contributed by atoms with Crippen LogP contribution in [0.1, 0.15) is 62.3 Å². The minimum absolute atomic E-state index is 0.0458. The zero-order valence-corrected chi connectivity index (χ0v) is 23.3. The molecule has 4 heterocycles. The number of carbonyl (C=O) groups is 3. The number of carboxylic acids is 1. The summed E-state index contributed by atoms with van der Waals surface area (Å²) in [6.45, 7) is 5.80. The van der Waals surface area contributed by atoms with Crippen LogP contribution in [-0.2, 0) is 44.3 Å². The molecule has 1 aromatic carbocycles. The molecule has 2 aromatic heterocycles. The van der Waals surface area contributed by atoms with Crippen molar-refractivity contribution in [2.75, 3.05) is 6.54 Å². The van der Waals surface area contributed by atoms with E-state index in [0.717, 1.165) is 16.5 Å². The maximum atomic E-state index is 13.6. The summed E-state index contributed by atoms with van der Waals surface area (Å²) in [5, 5.41) is 21.1. The van der Waals surface area contributed by atoms with E-state index in [9.17, 15) is 24.3 Å². The molecule has 2 aliphatic rings. The number of nitrogens with two attached hydrogens (primary N) is 1. The zero-order valence-electron chi connectivity index (χ0n) is 23.3. The van der Waals surface area contributed by atoms with Crippen LogP contribution in [0.5, 0.6) is 0 Å². The third kappa shape index (κ3) is 4.78. The zero-order chi connectivity index (χ0) is 29.6. The van der Waals surface area contributed by atoms with E-state index >= 15 is 0 Å². The average Bonchev–Trinajstić information content (AvgIpc) is 3.31. The van der Waals surface area contributed by atoms with Gasteiger partial charge in [0.25, 0.3) is 5.56 Å². The number of cyclic esters (lactones) is 1. The maximum Gasteiger partial charge on any atom is 0.343 e. The van der Waals surface area contributed by atoms with Gasteiger partial charge in [-0.3, -0.25) is 14.4 Å². The molecule has 0 saturated heterocycles. The van der Waals surface area contributed by atoms with Crippen LogP contribution in [0.2, 0.25) is 0 Å². The van der Waals surface area contributed by atoms with Gasteiger partial charge in [0.05, 0.1) is 35.1 Å². The van der Waals surface area contributed by atoms with Gasteiger partial charge in [0.1, 0.15) is 6.61 Å². The SMILES string of the molecule is CC[C@@]1(O)C(=O)OCc2c1cc1n(c2=O)Cc2c-1nc1ccccc1c2CCN(C(=O)[C@@H](N)CCC(=O)O)C(C)C. The summed E-state index contributed by atoms with van der Waals surface area (Å²) < 4.78 is 6.78. The number of aromatic nitrogens is 2. The highest BCUT2D eigenvalue weighted by molar-refractivity contribution is 5.89. The van der Waals surface area contributed by atoms with Crippen molar-refractivity contribution in [1.29, 1.82) is 0 Å². The first-order valence-corrected chi connectivity index (χ1v) is 13.8. The van der Waals surface area contributed by atoms with E-state index in [1.807, 2.05) is 38.1 Å². The quantitative estimate of drug-likeness (QED) is 0.259. The van der Waals surface area contributed by atoms with Gasteiger partial charge >= 0.3 is 11.9 Å². The molecule has 0 radical (unpaired) electrons. The molecule has 0 unspecified atom stereocenters. The molecule has 2 atom stereocenters. The van der Waals surface area contributed by atoms with E-state index < -0.39 is 23.6 Å². The summed E-state index contributed by atoms with van der Waals surface area (Å²) in [4.78, 5) is 56.9. The molecule has 2 aliphatic heterocycles. The second kappa shape index (κ2) is 10.7. The van der Waals surface area contributed by atoms with Gasteiger partial charge in [0.2, 0.25) is 5.91 Å². The summed E-state index contributed by atoms with van der Waals surface area (Å²) in [6.07, 6.45) is 0.356. The number of aliphatic carboxylic acids is 1. The lowest BCUT2D eigenvalue weighted by molar-refractivity contribution is -0.172. The summed E-state index contributed by atoms with van der Waals surface area (Å²) >= 11 is 0. The second-order valence-corrected chi connectivity index (χ2v) is 11.0. The topological polar surface area (TPSA) is 165 Å². The number of hydrogen-bond acceptors (Lipinski definition) is 8. The van der Waals surface area contributed by atoms with Crippen molar-refractivity contribution in [2.45, 2.75) is 77.3 Å². The first kappa shape index (κ1) is 28.4. The Bertz CT molecular complexity index is 1630. The first-order valence-electron chi connectivity index (χ1n) is 13.8. The number of ether oxygens (including phenoxy) is 1. The smallest absolute Gasteiger partial charge is 0.343 e. The lowest BCUT2D eigenvalue weighted by Crippen LogP contribution is -2.48. The van der Waals surface area contributed by atoms with Crippen LogP contribution in [0, 0.1) is 0 Å². The molecule has 4 N–H and O–H groups in total. The molecule has 0 fully saturated rings. The fourth-order valence-corrected chi connectivity index (χ4v) is 5.87. The summed E-state index contributed by atoms with van der Waals surface area (Å²) in [6, 6.07) is 8.20. The molecule has 0 saturated carbocycles. The monoisotopic (exact) mass is 562 g/mol. The van der Waals surface area contributed by atoms with Gasteiger partial charge in [0.15, 0.2) is 5.60 Å². The van der Waals surface area contributed by atoms with Crippen LogP contribution in [0.4, 0.5) is 0 Å². The van der Waals surface area contributed by atoms with Gasteiger partial charge in [-0.15, -0.1) is 0 Å². The van der Waals surface area contributed by atoms with Gasteiger partial charge in [-0.1, -0.05) is 25.1 Å². The van der Waals surface area contributed by atoms with E-state index in [1.165, 1.54) is 0 Å². The molecule has 0 spiro atoms. The Labute approximate surface area is 236 Å². The van der Waals surface area contributed by atoms with E-state index in [-0.39, 0.29) is 61.0 Å². The summed E-state index contributed by atoms with van der Waals surface area (Å²) in [5.41, 5.74) is 7.92. The lowest BCUT2D eigenvalue weighted by Gasteiger charge is -2.31. The number of carbonyl (C=O) groups excluding carboxylic acids is 2. The lowest BCUT2D eigenvalue weighted by atomic mass is 9.86. The van der Waals surface area contributed by atoms with E-state index in [0.29, 0.717) is 29.9 Å². The fourth-order valence-electron chi connectivity index (χ4n) is 5.87. The normalized spacial score (nSPS) is 18.0. The predicted octanol–water partition coefficient (Wildman–Crippen LogP) is 2.05. The predicted molar refractivity (Wildman–Crippen MR) is 150 cm³/mol. The Morgan fingerprint density at radius 3 is 2.63 bits per heavy atom. The van der Waals surface area contributed by atoms with Crippen molar-refractivity contribution in [1.82, 2.24) is 14.5 Å². The maximum absolute atomic E-state index is 13.6. The number of pyridine rings is 2. The Balaban J connectivity index is 1.57. The van der Waals surface area contributed by atoms with Crippen molar-refractivity contribution in [3.8, 4) is 11.4 Å². The van der Waals surface area contributed by atoms with Crippen molar-refractivity contribution < 1.29 is 29.3 Å². The first-order chi connectivity index (χ1) is 19.5. The molecule has 5 rings (SSSR count). The van der Waals surface area contributed by atoms with Crippen molar-refractivity contribution in [3.63, 3.8) is 0 Å². The number of rotatable bonds is 9. The van der Waals surface area contributed by atoms with Crippen LogP contribution < -0.4 is 11.3 Å². The second-order valence-electron chi connectivity index (χ2n) is 11.0. The van der Waals surface area contributed by atoms with E-state index in [1.54, 1.807) is 22.5 Å². The highest BCUT2D eigenvalue weighted by atomic mass is 16.6. The standard InChI is InChI=1S/C30H34N4O7/c1-4-30(40)21-13-24-26-19(14-34(24)27(37)20(21)15-41-29(30)39)17(18-7-5-6-8-23(18)32-26)11-12-33(16(2)3)28(38)22(31)9-10-25(35)36/h5-8,13,16,22,40H,4,9-12,14-15,31H2,1-3H3,(H,35,36)/t22-,30-/m0/s1. The van der Waals surface area contributed by atoms with Gasteiger partial charge in [0, 0.05) is 35.5 Å². The molecule has 3 aromatic rings. The highest BCUT2D eigenvalue weighted by Crippen LogP contribution is 2.40. The number of hydrogen-bond donors (Lipinski definition) is 3. The average molecular weight is 563 g/mol. The van der Waals surface area contributed by atoms with Gasteiger partial charge < -0.3 is 30.2 Å². The molecule has 1 amide bonds. The third-order valence-corrected chi connectivity index (χ3v) is 8.21. The molecular weight excluding hydrogens is 528 g/mol. The Hall–Kier alpha value is -4.09. The van der Waals surface area contributed by atoms with Gasteiger partial charge in [-0.25, -0.2) is 9.78 Å². The van der Waals surface area contributed by atoms with E-state index in [2.05, 4.69) is 0 Å². The molecule has 0 aliphatic carbocycles. The number of fused-ring (bicyclic) bond motifs is 5. The van der Waals surface area contributed by atoms with E-state index in [4.69, 9.17) is 20.6 Å². The number of benzene rings is 1. The largest absolute Gasteiger partial charge is 0.481 e.